The van der Waals surface area contributed by atoms with Crippen LogP contribution in [0.5, 0.6) is 0 Å². The molecule has 0 saturated carbocycles. The molecule has 8 rings (SSSR count). The minimum atomic E-state index is -2.27. The van der Waals surface area contributed by atoms with Gasteiger partial charge in [0.05, 0.1) is 100 Å². The highest BCUT2D eigenvalue weighted by Crippen LogP contribution is 2.48. The number of carboxylic acids is 3. The molecule has 0 aromatic heterocycles. The van der Waals surface area contributed by atoms with Gasteiger partial charge in [-0.25, -0.2) is 58.3 Å². The van der Waals surface area contributed by atoms with Crippen LogP contribution < -0.4 is 0 Å². The smallest absolute Gasteiger partial charge is 0.337 e. The van der Waals surface area contributed by atoms with Crippen molar-refractivity contribution in [2.24, 2.45) is 5.16 Å². The second-order valence-corrected chi connectivity index (χ2v) is 28.8. The van der Waals surface area contributed by atoms with Crippen LogP contribution in [-0.4, -0.2) is 62.2 Å². The molecule has 44 heteroatoms. The number of aldehydes is 1. The van der Waals surface area contributed by atoms with Gasteiger partial charge in [-0.2, -0.15) is 14.9 Å². The summed E-state index contributed by atoms with van der Waals surface area (Å²) in [6.07, 6.45) is 0.973. The maximum Gasteiger partial charge on any atom is 0.337 e. The molecule has 0 amide bonds. The number of benzene rings is 8. The molecule has 4 N–H and O–H groups in total. The van der Waals surface area contributed by atoms with Crippen molar-refractivity contribution < 1.29 is 97.6 Å². The third kappa shape index (κ3) is 27.8. The van der Waals surface area contributed by atoms with Gasteiger partial charge in [-0.3, -0.25) is 14.4 Å². The number of carbonyl (C=O) groups is 6. The molecule has 8 aromatic carbocycles. The van der Waals surface area contributed by atoms with Crippen LogP contribution in [0.2, 0.25) is 60.3 Å². The molecule has 0 heterocycles. The minimum absolute atomic E-state index is 0.0204. The van der Waals surface area contributed by atoms with Gasteiger partial charge in [0.15, 0.2) is 23.7 Å². The number of alkyl halides is 7. The molecular formula is C64H30Cl20F11N3O10. The third-order valence-corrected chi connectivity index (χ3v) is 18.9. The summed E-state index contributed by atoms with van der Waals surface area (Å²) in [6, 6.07) is 10.5. The average molecular weight is 1920 g/mol. The van der Waals surface area contributed by atoms with Gasteiger partial charge in [-0.1, -0.05) is 232 Å². The number of carboxylic acid groups (broad SMARTS) is 3. The lowest BCUT2D eigenvalue weighted by molar-refractivity contribution is 0.0685. The Morgan fingerprint density at radius 2 is 0.815 bits per heavy atom. The molecule has 0 aliphatic heterocycles. The van der Waals surface area contributed by atoms with Crippen molar-refractivity contribution in [3.63, 3.8) is 0 Å². The van der Waals surface area contributed by atoms with Crippen molar-refractivity contribution in [3.8, 4) is 12.1 Å². The summed E-state index contributed by atoms with van der Waals surface area (Å²) in [5.41, 5.74) is -2.03. The van der Waals surface area contributed by atoms with Crippen LogP contribution in [0.1, 0.15) is 127 Å². The number of carbonyl (C=O) groups excluding carboxylic acids is 3. The second kappa shape index (κ2) is 45.4. The van der Waals surface area contributed by atoms with E-state index in [0.29, 0.717) is 34.3 Å². The molecular weight excluding hydrogens is 1890 g/mol. The monoisotopic (exact) mass is 1910 g/mol. The molecule has 108 heavy (non-hydrogen) atoms. The average Bonchev–Trinajstić information content (AvgIpc) is 0.773. The first kappa shape index (κ1) is 101. The number of rotatable bonds is 9. The number of oxime groups is 1. The van der Waals surface area contributed by atoms with Gasteiger partial charge < -0.3 is 20.5 Å². The van der Waals surface area contributed by atoms with E-state index in [1.54, 1.807) is 19.9 Å². The highest BCUT2D eigenvalue weighted by molar-refractivity contribution is 6.69. The van der Waals surface area contributed by atoms with E-state index in [2.05, 4.69) is 5.16 Å². The Kier molecular flexibility index (Phi) is 42.3. The summed E-state index contributed by atoms with van der Waals surface area (Å²) in [6.45, 7) is 7.21. The van der Waals surface area contributed by atoms with E-state index in [1.807, 2.05) is 19.9 Å². The van der Waals surface area contributed by atoms with Crippen molar-refractivity contribution in [3.05, 3.63) is 268 Å². The zero-order valence-corrected chi connectivity index (χ0v) is 67.5. The van der Waals surface area contributed by atoms with Crippen LogP contribution in [0, 0.1) is 109 Å². The summed E-state index contributed by atoms with van der Waals surface area (Å²) in [4.78, 5) is 60.8. The molecule has 0 unspecified atom stereocenters. The lowest BCUT2D eigenvalue weighted by Crippen LogP contribution is -2.05. The Balaban J connectivity index is 0.000000620. The quantitative estimate of drug-likeness (QED) is 0.0154. The number of halogens is 31. The van der Waals surface area contributed by atoms with E-state index in [-0.39, 0.29) is 97.3 Å². The Hall–Kier alpha value is -5.34. The first-order valence-corrected chi connectivity index (χ1v) is 34.5. The standard InChI is InChI=1S/C8H2Cl7F.C8H3Cl4FO2.C8HCl3FNO.C8H4Cl2FNO3.C8H3Cl2FO3.C8H7Cl2F.C8HF4NO.C8H9F/c9-5-2(8(13,14)15)1-3(16)6(10)4(5)7(11)12;9-5-2(8(14)15)1-3(13)6(10)4(5)7(11)12;9-6-3(8(11)14)1-5(12)7(10)4(6)2-13;9-6-3(8(13)14)1-5(11)7(10)4(6)2-12-15;9-6-3(8(13)14)1-5(11)7(10)4(6)2-12;1-4-3-6(11)8(10)5(2)7(4)9;9-5-1-3(8(12)14)6(10)4(2-13)7(5)11;1-6-3-7(2)5-8(9)4-6/h1,7H;1,7H,(H,14,15);1H;1-2,15H,(H,13,14);1-2H,(H,13,14);3H,1-2H3;1H;3-5H,1-2H3/b;;;12-2+;;;;. The van der Waals surface area contributed by atoms with Crippen LogP contribution in [0.15, 0.2) is 65.8 Å². The summed E-state index contributed by atoms with van der Waals surface area (Å²) < 4.78 is 139. The lowest BCUT2D eigenvalue weighted by atomic mass is 10.1. The maximum absolute atomic E-state index is 13.4. The van der Waals surface area contributed by atoms with Crippen LogP contribution in [0.25, 0.3) is 0 Å². The van der Waals surface area contributed by atoms with E-state index in [1.165, 1.54) is 18.2 Å². The molecule has 0 radical (unpaired) electrons. The molecule has 0 bridgehead atoms. The molecule has 578 valence electrons. The highest BCUT2D eigenvalue weighted by Gasteiger charge is 2.32. The van der Waals surface area contributed by atoms with Crippen molar-refractivity contribution in [2.45, 2.75) is 41.2 Å². The Morgan fingerprint density at radius 1 is 0.444 bits per heavy atom. The van der Waals surface area contributed by atoms with E-state index in [9.17, 15) is 77.1 Å². The fourth-order valence-corrected chi connectivity index (χ4v) is 12.7. The van der Waals surface area contributed by atoms with Gasteiger partial charge in [0.25, 0.3) is 5.24 Å². The molecule has 0 fully saturated rings. The van der Waals surface area contributed by atoms with E-state index in [0.717, 1.165) is 35.5 Å². The molecule has 0 aliphatic rings. The summed E-state index contributed by atoms with van der Waals surface area (Å²) >= 11 is 111. The van der Waals surface area contributed by atoms with E-state index >= 15 is 0 Å². The predicted molar refractivity (Wildman–Crippen MR) is 399 cm³/mol. The number of aryl methyl sites for hydroxylation is 3. The summed E-state index contributed by atoms with van der Waals surface area (Å²) in [7, 11) is 0. The van der Waals surface area contributed by atoms with Gasteiger partial charge in [0, 0.05) is 27.3 Å². The number of hydrogen-bond donors (Lipinski definition) is 4. The van der Waals surface area contributed by atoms with Crippen LogP contribution in [0.3, 0.4) is 0 Å². The third-order valence-electron chi connectivity index (χ3n) is 12.2. The molecule has 0 saturated heterocycles. The highest BCUT2D eigenvalue weighted by atomic mass is 35.6. The predicted octanol–water partition coefficient (Wildman–Crippen LogP) is 27.7. The fourth-order valence-electron chi connectivity index (χ4n) is 7.32. The Bertz CT molecular complexity index is 4770. The lowest BCUT2D eigenvalue weighted by Gasteiger charge is -2.18. The normalized spacial score (nSPS) is 10.5. The number of hydrogen-bond acceptors (Lipinski definition) is 10. The maximum atomic E-state index is 13.4. The van der Waals surface area contributed by atoms with Crippen LogP contribution >= 0.6 is 232 Å². The first-order chi connectivity index (χ1) is 49.7. The van der Waals surface area contributed by atoms with Gasteiger partial charge in [0.1, 0.15) is 68.1 Å². The van der Waals surface area contributed by atoms with Gasteiger partial charge in [0.2, 0.25) is 3.79 Å². The van der Waals surface area contributed by atoms with Gasteiger partial charge >= 0.3 is 23.9 Å². The van der Waals surface area contributed by atoms with Crippen LogP contribution in [-0.2, 0) is 3.79 Å². The SMILES string of the molecule is Cc1cc(C)cc(F)c1.Cc1cc(F)c(Cl)c(C)c1Cl.Fc1cc(C(Cl)(Cl)Cl)c(Cl)c(C(Cl)Cl)c1Cl.N#Cc1c(Cl)c(F)cc(C(=O)Cl)c1Cl.N#Cc1c(F)c(F)cc(C(=O)F)c1F.O=C(O)c1cc(F)c(Cl)c(/C=N/O)c1Cl.O=C(O)c1cc(F)c(Cl)c(C(Cl)Cl)c1Cl.O=Cc1c(Cl)c(F)cc(C(=O)O)c1Cl. The molecule has 0 atom stereocenters. The van der Waals surface area contributed by atoms with Crippen molar-refractivity contribution in [2.75, 3.05) is 0 Å². The minimum Gasteiger partial charge on any atom is -0.478 e. The zero-order chi connectivity index (χ0) is 84.1. The Labute approximate surface area is 701 Å². The second-order valence-electron chi connectivity index (χ2n) is 19.5. The van der Waals surface area contributed by atoms with Crippen molar-refractivity contribution in [1.82, 2.24) is 0 Å². The van der Waals surface area contributed by atoms with Gasteiger partial charge in [-0.15, -0.1) is 0 Å². The van der Waals surface area contributed by atoms with Crippen molar-refractivity contribution in [1.29, 1.82) is 10.5 Å². The van der Waals surface area contributed by atoms with E-state index in [4.69, 9.17) is 263 Å². The summed E-state index contributed by atoms with van der Waals surface area (Å²) in [5.74, 6) is -14.4. The van der Waals surface area contributed by atoms with Crippen LogP contribution in [0.4, 0.5) is 48.3 Å². The summed E-state index contributed by atoms with van der Waals surface area (Å²) in [5, 5.41) is 50.2. The van der Waals surface area contributed by atoms with Crippen molar-refractivity contribution >= 4 is 274 Å². The zero-order valence-electron chi connectivity index (χ0n) is 52.4. The largest absolute Gasteiger partial charge is 0.478 e. The molecule has 13 nitrogen and oxygen atoms in total. The molecule has 8 aromatic rings. The first-order valence-electron chi connectivity index (χ1n) is 26.7. The fraction of sp³-hybridized carbons (Fsp3) is 0.109. The topological polar surface area (TPSA) is 243 Å². The van der Waals surface area contributed by atoms with E-state index < -0.39 is 138 Å². The number of nitrogens with zero attached hydrogens (tertiary/aromatic N) is 3. The number of nitriles is 2. The molecule has 0 aliphatic carbocycles. The van der Waals surface area contributed by atoms with Gasteiger partial charge in [-0.05, 0) is 116 Å². The number of aromatic carboxylic acids is 3. The molecule has 0 spiro atoms. The Morgan fingerprint density at radius 3 is 1.19 bits per heavy atom.